The van der Waals surface area contributed by atoms with Crippen LogP contribution < -0.4 is 15.2 Å². The molecule has 3 aromatic rings. The van der Waals surface area contributed by atoms with E-state index < -0.39 is 11.9 Å². The quantitative estimate of drug-likeness (QED) is 0.458. The van der Waals surface area contributed by atoms with Gasteiger partial charge in [-0.25, -0.2) is 4.79 Å². The molecule has 1 aliphatic rings. The van der Waals surface area contributed by atoms with E-state index in [0.717, 1.165) is 16.8 Å². The fourth-order valence-corrected chi connectivity index (χ4v) is 3.55. The van der Waals surface area contributed by atoms with Crippen molar-refractivity contribution in [3.8, 4) is 17.7 Å². The van der Waals surface area contributed by atoms with Crippen molar-refractivity contribution >= 4 is 29.2 Å². The Morgan fingerprint density at radius 2 is 1.97 bits per heavy atom. The third-order valence-electron chi connectivity index (χ3n) is 4.71. The molecule has 7 nitrogen and oxygen atoms in total. The molecule has 0 bridgehead atoms. The number of aromatic amines is 1. The predicted molar refractivity (Wildman–Crippen MR) is 110 cm³/mol. The molecule has 9 heteroatoms. The summed E-state index contributed by atoms with van der Waals surface area (Å²) in [6.45, 7) is 1.84. The molecule has 2 heterocycles. The minimum absolute atomic E-state index is 0.0108. The maximum atomic E-state index is 12.4. The second-order valence-electron chi connectivity index (χ2n) is 6.58. The van der Waals surface area contributed by atoms with E-state index in [0.29, 0.717) is 16.7 Å². The third-order valence-corrected chi connectivity index (χ3v) is 5.45. The number of carbonyl (C=O) groups excluding carboxylic acids is 1. The van der Waals surface area contributed by atoms with Gasteiger partial charge in [0.25, 0.3) is 0 Å². The van der Waals surface area contributed by atoms with E-state index in [1.165, 1.54) is 18.2 Å². The van der Waals surface area contributed by atoms with Gasteiger partial charge in [-0.3, -0.25) is 5.10 Å². The first-order valence-corrected chi connectivity index (χ1v) is 9.54. The Bertz CT molecular complexity index is 1230. The molecule has 0 fully saturated rings. The molecule has 4 rings (SSSR count). The van der Waals surface area contributed by atoms with Gasteiger partial charge in [0, 0.05) is 11.3 Å². The van der Waals surface area contributed by atoms with Crippen molar-refractivity contribution in [1.29, 1.82) is 5.26 Å². The summed E-state index contributed by atoms with van der Waals surface area (Å²) in [5.41, 5.74) is 8.76. The van der Waals surface area contributed by atoms with Crippen LogP contribution in [0.2, 0.25) is 10.0 Å². The van der Waals surface area contributed by atoms with Gasteiger partial charge in [0.1, 0.15) is 17.4 Å². The molecule has 1 aromatic heterocycles. The lowest BCUT2D eigenvalue weighted by Gasteiger charge is -2.23. The smallest absolute Gasteiger partial charge is 0.343 e. The predicted octanol–water partition coefficient (Wildman–Crippen LogP) is 4.46. The van der Waals surface area contributed by atoms with Crippen molar-refractivity contribution in [2.45, 2.75) is 12.8 Å². The number of nitrogens with two attached hydrogens (primary N) is 1. The largest absolute Gasteiger partial charge is 0.423 e. The Kier molecular flexibility index (Phi) is 5.12. The van der Waals surface area contributed by atoms with Gasteiger partial charge in [0.2, 0.25) is 11.8 Å². The van der Waals surface area contributed by atoms with Crippen LogP contribution in [-0.4, -0.2) is 16.2 Å². The summed E-state index contributed by atoms with van der Waals surface area (Å²) < 4.78 is 10.9. The first kappa shape index (κ1) is 19.8. The fourth-order valence-electron chi connectivity index (χ4n) is 3.25. The van der Waals surface area contributed by atoms with Crippen LogP contribution in [0.3, 0.4) is 0 Å². The SMILES string of the molecule is Cc1[nH]nc2c1[C@@H](c1ccc(OC(=O)c3ccc(Cl)c(Cl)c3)cc1)C(C#N)=C(N)O2. The van der Waals surface area contributed by atoms with E-state index >= 15 is 0 Å². The zero-order valence-electron chi connectivity index (χ0n) is 15.6. The third kappa shape index (κ3) is 3.47. The first-order chi connectivity index (χ1) is 14.4. The minimum atomic E-state index is -0.567. The number of hydrogen-bond donors (Lipinski definition) is 2. The normalized spacial score (nSPS) is 15.2. The van der Waals surface area contributed by atoms with Crippen molar-refractivity contribution in [1.82, 2.24) is 10.2 Å². The number of H-pyrrole nitrogens is 1. The highest BCUT2D eigenvalue weighted by molar-refractivity contribution is 6.42. The van der Waals surface area contributed by atoms with E-state index in [9.17, 15) is 10.1 Å². The summed E-state index contributed by atoms with van der Waals surface area (Å²) in [6, 6.07) is 13.4. The van der Waals surface area contributed by atoms with Crippen molar-refractivity contribution in [2.24, 2.45) is 5.73 Å². The number of esters is 1. The van der Waals surface area contributed by atoms with Gasteiger partial charge in [0.15, 0.2) is 0 Å². The molecular formula is C21H14Cl2N4O3. The highest BCUT2D eigenvalue weighted by Gasteiger charge is 2.34. The number of aryl methyl sites for hydroxylation is 1. The Hall–Kier alpha value is -3.47. The van der Waals surface area contributed by atoms with Crippen LogP contribution >= 0.6 is 23.2 Å². The lowest BCUT2D eigenvalue weighted by atomic mass is 9.84. The first-order valence-electron chi connectivity index (χ1n) is 8.78. The topological polar surface area (TPSA) is 114 Å². The van der Waals surface area contributed by atoms with Crippen LogP contribution in [0.4, 0.5) is 0 Å². The molecule has 0 saturated heterocycles. The van der Waals surface area contributed by atoms with Gasteiger partial charge in [-0.05, 0) is 42.8 Å². The number of carbonyl (C=O) groups is 1. The molecule has 0 aliphatic carbocycles. The number of nitrogens with one attached hydrogen (secondary N) is 1. The second kappa shape index (κ2) is 7.75. The van der Waals surface area contributed by atoms with E-state index in [-0.39, 0.29) is 22.0 Å². The number of rotatable bonds is 3. The molecule has 0 unspecified atom stereocenters. The van der Waals surface area contributed by atoms with Crippen molar-refractivity contribution in [3.05, 3.63) is 86.4 Å². The van der Waals surface area contributed by atoms with E-state index in [2.05, 4.69) is 16.3 Å². The molecular weight excluding hydrogens is 427 g/mol. The Balaban J connectivity index is 1.62. The number of halogens is 2. The standard InChI is InChI=1S/C21H14Cl2N4O3/c1-10-17-18(14(9-24)19(25)30-20(17)27-26-10)11-2-5-13(6-3-11)29-21(28)12-4-7-15(22)16(23)8-12/h2-8,18H,25H2,1H3,(H,26,27)/t18-/m0/s1. The van der Waals surface area contributed by atoms with Gasteiger partial charge in [-0.1, -0.05) is 35.3 Å². The van der Waals surface area contributed by atoms with Crippen LogP contribution in [0.5, 0.6) is 11.6 Å². The number of hydrogen-bond acceptors (Lipinski definition) is 6. The van der Waals surface area contributed by atoms with Gasteiger partial charge in [-0.2, -0.15) is 5.26 Å². The maximum Gasteiger partial charge on any atom is 0.343 e. The average molecular weight is 441 g/mol. The lowest BCUT2D eigenvalue weighted by molar-refractivity contribution is 0.0734. The highest BCUT2D eigenvalue weighted by atomic mass is 35.5. The molecule has 0 saturated carbocycles. The van der Waals surface area contributed by atoms with Gasteiger partial charge < -0.3 is 15.2 Å². The van der Waals surface area contributed by atoms with Gasteiger partial charge in [-0.15, -0.1) is 5.10 Å². The number of aromatic nitrogens is 2. The van der Waals surface area contributed by atoms with E-state index in [1.807, 2.05) is 6.92 Å². The Morgan fingerprint density at radius 1 is 1.23 bits per heavy atom. The van der Waals surface area contributed by atoms with Crippen LogP contribution in [-0.2, 0) is 0 Å². The highest BCUT2D eigenvalue weighted by Crippen LogP contribution is 2.42. The van der Waals surface area contributed by atoms with Crippen LogP contribution in [0.1, 0.15) is 33.1 Å². The molecule has 0 spiro atoms. The fraction of sp³-hybridized carbons (Fsp3) is 0.0952. The summed E-state index contributed by atoms with van der Waals surface area (Å²) in [5.74, 6) is -0.332. The summed E-state index contributed by atoms with van der Waals surface area (Å²) in [5, 5.41) is 17.2. The molecule has 1 atom stereocenters. The molecule has 2 aromatic carbocycles. The van der Waals surface area contributed by atoms with Crippen LogP contribution in [0.25, 0.3) is 0 Å². The molecule has 30 heavy (non-hydrogen) atoms. The average Bonchev–Trinajstić information content (AvgIpc) is 3.09. The van der Waals surface area contributed by atoms with Crippen molar-refractivity contribution < 1.29 is 14.3 Å². The van der Waals surface area contributed by atoms with Crippen LogP contribution in [0.15, 0.2) is 53.9 Å². The Labute approximate surface area is 181 Å². The second-order valence-corrected chi connectivity index (χ2v) is 7.39. The number of nitriles is 1. The zero-order chi connectivity index (χ0) is 21.4. The zero-order valence-corrected chi connectivity index (χ0v) is 17.1. The maximum absolute atomic E-state index is 12.4. The number of fused-ring (bicyclic) bond motifs is 1. The van der Waals surface area contributed by atoms with Crippen molar-refractivity contribution in [3.63, 3.8) is 0 Å². The lowest BCUT2D eigenvalue weighted by Crippen LogP contribution is -2.21. The summed E-state index contributed by atoms with van der Waals surface area (Å²) in [4.78, 5) is 12.4. The van der Waals surface area contributed by atoms with E-state index in [4.69, 9.17) is 38.4 Å². The van der Waals surface area contributed by atoms with Gasteiger partial charge >= 0.3 is 5.97 Å². The monoisotopic (exact) mass is 440 g/mol. The molecule has 0 amide bonds. The minimum Gasteiger partial charge on any atom is -0.423 e. The van der Waals surface area contributed by atoms with Crippen LogP contribution in [0, 0.1) is 18.3 Å². The molecule has 1 aliphatic heterocycles. The van der Waals surface area contributed by atoms with Gasteiger partial charge in [0.05, 0.1) is 21.5 Å². The number of ether oxygens (including phenoxy) is 2. The van der Waals surface area contributed by atoms with E-state index in [1.54, 1.807) is 24.3 Å². The molecule has 0 radical (unpaired) electrons. The molecule has 3 N–H and O–H groups in total. The number of nitrogens with zero attached hydrogens (tertiary/aromatic N) is 2. The number of benzene rings is 2. The number of allylic oxidation sites excluding steroid dienone is 1. The van der Waals surface area contributed by atoms with Crippen molar-refractivity contribution in [2.75, 3.05) is 0 Å². The Morgan fingerprint density at radius 3 is 2.63 bits per heavy atom. The summed E-state index contributed by atoms with van der Waals surface area (Å²) in [6.07, 6.45) is 0. The summed E-state index contributed by atoms with van der Waals surface area (Å²) in [7, 11) is 0. The molecule has 150 valence electrons. The summed E-state index contributed by atoms with van der Waals surface area (Å²) >= 11 is 11.8.